The Morgan fingerprint density at radius 1 is 1.39 bits per heavy atom. The summed E-state index contributed by atoms with van der Waals surface area (Å²) in [5.74, 6) is -0.140. The lowest BCUT2D eigenvalue weighted by Crippen LogP contribution is -2.47. The quantitative estimate of drug-likeness (QED) is 0.522. The second-order valence-electron chi connectivity index (χ2n) is 6.15. The first kappa shape index (κ1) is 15.8. The number of fused-ring (bicyclic) bond motifs is 1. The molecule has 4 atom stereocenters. The number of pyridine rings is 1. The van der Waals surface area contributed by atoms with Crippen molar-refractivity contribution in [3.8, 4) is 0 Å². The average molecular weight is 319 g/mol. The summed E-state index contributed by atoms with van der Waals surface area (Å²) < 4.78 is 0. The van der Waals surface area contributed by atoms with E-state index in [9.17, 15) is 14.9 Å². The highest BCUT2D eigenvalue weighted by Crippen LogP contribution is 2.31. The van der Waals surface area contributed by atoms with E-state index in [0.29, 0.717) is 25.8 Å². The summed E-state index contributed by atoms with van der Waals surface area (Å²) in [5.41, 5.74) is 7.04. The second kappa shape index (κ2) is 7.01. The Bertz CT molecular complexity index is 567. The van der Waals surface area contributed by atoms with Crippen molar-refractivity contribution in [3.05, 3.63) is 40.2 Å². The van der Waals surface area contributed by atoms with Crippen LogP contribution in [-0.4, -0.2) is 40.5 Å². The number of aromatic nitrogens is 1. The van der Waals surface area contributed by atoms with Crippen LogP contribution in [-0.2, 0) is 11.2 Å². The van der Waals surface area contributed by atoms with E-state index in [4.69, 9.17) is 0 Å². The van der Waals surface area contributed by atoms with Crippen molar-refractivity contribution in [1.29, 1.82) is 0 Å². The number of rotatable bonds is 5. The Balaban J connectivity index is 1.52. The van der Waals surface area contributed by atoms with E-state index in [1.165, 1.54) is 0 Å². The van der Waals surface area contributed by atoms with E-state index in [1.807, 2.05) is 18.2 Å². The molecule has 3 N–H and O–H groups in total. The molecule has 0 spiro atoms. The summed E-state index contributed by atoms with van der Waals surface area (Å²) in [6, 6.07) is 4.87. The standard InChI is InChI=1S/C15H21N5O3/c21-15(17-8-6-10-3-1-2-7-16-10)14-12-9-11(20(22)23)4-5-13(12)18-19-14/h1-3,7,11-14,18-19H,4-6,8-9H2,(H,17,21). The predicted molar refractivity (Wildman–Crippen MR) is 82.9 cm³/mol. The largest absolute Gasteiger partial charge is 0.354 e. The lowest BCUT2D eigenvalue weighted by molar-refractivity contribution is -0.528. The molecule has 0 radical (unpaired) electrons. The lowest BCUT2D eigenvalue weighted by atomic mass is 9.79. The Hall–Kier alpha value is -2.06. The zero-order valence-corrected chi connectivity index (χ0v) is 12.8. The maximum Gasteiger partial charge on any atom is 0.238 e. The van der Waals surface area contributed by atoms with Crippen LogP contribution in [0.25, 0.3) is 0 Å². The number of hydrogen-bond donors (Lipinski definition) is 3. The highest BCUT2D eigenvalue weighted by Gasteiger charge is 2.46. The second-order valence-corrected chi connectivity index (χ2v) is 6.15. The summed E-state index contributed by atoms with van der Waals surface area (Å²) in [6.45, 7) is 0.504. The van der Waals surface area contributed by atoms with Crippen LogP contribution in [0.1, 0.15) is 25.0 Å². The average Bonchev–Trinajstić information content (AvgIpc) is 2.98. The van der Waals surface area contributed by atoms with Gasteiger partial charge in [-0.15, -0.1) is 0 Å². The number of nitrogens with one attached hydrogen (secondary N) is 3. The smallest absolute Gasteiger partial charge is 0.238 e. The van der Waals surface area contributed by atoms with E-state index in [0.717, 1.165) is 12.1 Å². The third-order valence-corrected chi connectivity index (χ3v) is 4.71. The SMILES string of the molecule is O=C(NCCc1ccccn1)C1NNC2CCC([N+](=O)[O-])CC21. The molecule has 0 aromatic carbocycles. The number of carbonyl (C=O) groups excluding carboxylic acids is 1. The van der Waals surface area contributed by atoms with E-state index in [1.54, 1.807) is 6.20 Å². The van der Waals surface area contributed by atoms with Gasteiger partial charge in [-0.25, -0.2) is 5.43 Å². The first-order chi connectivity index (χ1) is 11.1. The van der Waals surface area contributed by atoms with Gasteiger partial charge in [0.1, 0.15) is 6.04 Å². The minimum atomic E-state index is -0.540. The van der Waals surface area contributed by atoms with Gasteiger partial charge in [0.05, 0.1) is 0 Å². The number of nitrogens with zero attached hydrogens (tertiary/aromatic N) is 2. The molecule has 1 aromatic heterocycles. The van der Waals surface area contributed by atoms with Crippen LogP contribution in [0.15, 0.2) is 24.4 Å². The first-order valence-electron chi connectivity index (χ1n) is 7.97. The molecule has 1 aliphatic carbocycles. The van der Waals surface area contributed by atoms with Crippen LogP contribution in [0.2, 0.25) is 0 Å². The number of amides is 1. The van der Waals surface area contributed by atoms with Gasteiger partial charge in [-0.05, 0) is 18.6 Å². The minimum Gasteiger partial charge on any atom is -0.354 e. The summed E-state index contributed by atoms with van der Waals surface area (Å²) >= 11 is 0. The van der Waals surface area contributed by atoms with Crippen LogP contribution in [0, 0.1) is 16.0 Å². The maximum atomic E-state index is 12.4. The molecule has 8 nitrogen and oxygen atoms in total. The normalized spacial score (nSPS) is 29.7. The van der Waals surface area contributed by atoms with Crippen molar-refractivity contribution in [1.82, 2.24) is 21.2 Å². The molecule has 2 aliphatic rings. The third kappa shape index (κ3) is 3.65. The van der Waals surface area contributed by atoms with E-state index >= 15 is 0 Å². The molecule has 124 valence electrons. The lowest BCUT2D eigenvalue weighted by Gasteiger charge is -2.28. The van der Waals surface area contributed by atoms with Gasteiger partial charge in [-0.1, -0.05) is 6.07 Å². The van der Waals surface area contributed by atoms with Crippen LogP contribution in [0.5, 0.6) is 0 Å². The zero-order chi connectivity index (χ0) is 16.2. The molecular weight excluding hydrogens is 298 g/mol. The number of hydrazine groups is 1. The van der Waals surface area contributed by atoms with Crippen LogP contribution < -0.4 is 16.2 Å². The summed E-state index contributed by atoms with van der Waals surface area (Å²) in [6.07, 6.45) is 4.12. The van der Waals surface area contributed by atoms with Crippen LogP contribution >= 0.6 is 0 Å². The van der Waals surface area contributed by atoms with Crippen molar-refractivity contribution in [2.24, 2.45) is 5.92 Å². The Morgan fingerprint density at radius 3 is 3.00 bits per heavy atom. The maximum absolute atomic E-state index is 12.4. The van der Waals surface area contributed by atoms with Gasteiger partial charge in [0.15, 0.2) is 0 Å². The minimum absolute atomic E-state index is 0.0333. The summed E-state index contributed by atoms with van der Waals surface area (Å²) in [5, 5.41) is 13.9. The molecule has 1 amide bonds. The van der Waals surface area contributed by atoms with Crippen molar-refractivity contribution in [2.45, 2.75) is 43.8 Å². The van der Waals surface area contributed by atoms with Gasteiger partial charge in [0.25, 0.3) is 0 Å². The molecule has 0 bridgehead atoms. The summed E-state index contributed by atoms with van der Waals surface area (Å²) in [4.78, 5) is 27.4. The zero-order valence-electron chi connectivity index (χ0n) is 12.8. The van der Waals surface area contributed by atoms with E-state index in [2.05, 4.69) is 21.2 Å². The highest BCUT2D eigenvalue weighted by molar-refractivity contribution is 5.82. The van der Waals surface area contributed by atoms with Crippen molar-refractivity contribution >= 4 is 5.91 Å². The van der Waals surface area contributed by atoms with Crippen molar-refractivity contribution in [2.75, 3.05) is 6.54 Å². The fraction of sp³-hybridized carbons (Fsp3) is 0.600. The number of carbonyl (C=O) groups is 1. The monoisotopic (exact) mass is 319 g/mol. The molecule has 2 fully saturated rings. The fourth-order valence-electron chi connectivity index (χ4n) is 3.45. The van der Waals surface area contributed by atoms with E-state index in [-0.39, 0.29) is 22.8 Å². The van der Waals surface area contributed by atoms with Gasteiger partial charge >= 0.3 is 0 Å². The number of nitro groups is 1. The molecule has 1 saturated carbocycles. The van der Waals surface area contributed by atoms with Gasteiger partial charge in [0.2, 0.25) is 11.9 Å². The topological polar surface area (TPSA) is 109 Å². The Morgan fingerprint density at radius 2 is 2.26 bits per heavy atom. The molecule has 3 rings (SSSR count). The Labute approximate surface area is 134 Å². The van der Waals surface area contributed by atoms with Crippen molar-refractivity contribution in [3.63, 3.8) is 0 Å². The first-order valence-corrected chi connectivity index (χ1v) is 7.97. The Kier molecular flexibility index (Phi) is 4.82. The number of hydrogen-bond acceptors (Lipinski definition) is 6. The molecule has 1 saturated heterocycles. The molecular formula is C15H21N5O3. The fourth-order valence-corrected chi connectivity index (χ4v) is 3.45. The molecule has 23 heavy (non-hydrogen) atoms. The van der Waals surface area contributed by atoms with Crippen molar-refractivity contribution < 1.29 is 9.72 Å². The molecule has 1 aromatic rings. The third-order valence-electron chi connectivity index (χ3n) is 4.71. The summed E-state index contributed by atoms with van der Waals surface area (Å²) in [7, 11) is 0. The van der Waals surface area contributed by atoms with Gasteiger partial charge in [-0.3, -0.25) is 25.3 Å². The van der Waals surface area contributed by atoms with E-state index < -0.39 is 12.1 Å². The molecule has 2 heterocycles. The highest BCUT2D eigenvalue weighted by atomic mass is 16.6. The molecule has 4 unspecified atom stereocenters. The molecule has 1 aliphatic heterocycles. The van der Waals surface area contributed by atoms with Gasteiger partial charge in [-0.2, -0.15) is 0 Å². The van der Waals surface area contributed by atoms with Gasteiger partial charge in [0, 0.05) is 54.6 Å². The molecule has 8 heteroatoms. The van der Waals surface area contributed by atoms with Gasteiger partial charge < -0.3 is 5.32 Å². The van der Waals surface area contributed by atoms with Crippen LogP contribution in [0.3, 0.4) is 0 Å². The predicted octanol–water partition coefficient (Wildman–Crippen LogP) is 0.0307. The van der Waals surface area contributed by atoms with Crippen LogP contribution in [0.4, 0.5) is 0 Å².